The average molecular weight is 332 g/mol. The normalized spacial score (nSPS) is 21.5. The lowest BCUT2D eigenvalue weighted by atomic mass is 9.88. The number of rotatable bonds is 7. The Morgan fingerprint density at radius 3 is 2.42 bits per heavy atom. The largest absolute Gasteiger partial charge is 0.382 e. The average Bonchev–Trinajstić information content (AvgIpc) is 2.46. The van der Waals surface area contributed by atoms with E-state index in [9.17, 15) is 4.79 Å². The van der Waals surface area contributed by atoms with E-state index in [4.69, 9.17) is 4.74 Å². The molecule has 0 radical (unpaired) electrons. The first-order chi connectivity index (χ1) is 11.3. The molecule has 1 aromatic carbocycles. The molecule has 0 aliphatic heterocycles. The summed E-state index contributed by atoms with van der Waals surface area (Å²) in [4.78, 5) is 12.6. The smallest absolute Gasteiger partial charge is 0.251 e. The van der Waals surface area contributed by atoms with Crippen LogP contribution in [-0.2, 0) is 4.74 Å². The monoisotopic (exact) mass is 332 g/mol. The molecular formula is C20H32N2O2. The molecule has 0 spiro atoms. The molecule has 1 fully saturated rings. The number of carbonyl (C=O) groups excluding carboxylic acids is 1. The number of anilines is 1. The maximum Gasteiger partial charge on any atom is 0.251 e. The lowest BCUT2D eigenvalue weighted by Crippen LogP contribution is -2.48. The molecule has 1 aliphatic carbocycles. The van der Waals surface area contributed by atoms with Crippen LogP contribution in [0.4, 0.5) is 5.69 Å². The minimum atomic E-state index is 0.0151. The van der Waals surface area contributed by atoms with Crippen molar-refractivity contribution in [1.29, 1.82) is 0 Å². The predicted molar refractivity (Wildman–Crippen MR) is 99.6 cm³/mol. The van der Waals surface area contributed by atoms with Crippen molar-refractivity contribution in [1.82, 2.24) is 5.32 Å². The molecule has 2 rings (SSSR count). The van der Waals surface area contributed by atoms with Gasteiger partial charge < -0.3 is 15.4 Å². The fourth-order valence-corrected chi connectivity index (χ4v) is 2.89. The predicted octanol–water partition coefficient (Wildman–Crippen LogP) is 4.14. The van der Waals surface area contributed by atoms with Crippen LogP contribution in [0.1, 0.15) is 63.4 Å². The van der Waals surface area contributed by atoms with Crippen molar-refractivity contribution >= 4 is 11.6 Å². The molecule has 134 valence electrons. The minimum absolute atomic E-state index is 0.0151. The van der Waals surface area contributed by atoms with Crippen molar-refractivity contribution in [3.8, 4) is 0 Å². The first-order valence-corrected chi connectivity index (χ1v) is 9.10. The SMILES string of the molecule is Cc1c(NC(C)C(C)C)cccc1C(=O)NC1CC(OC(C)C)C1. The molecule has 0 aromatic heterocycles. The summed E-state index contributed by atoms with van der Waals surface area (Å²) in [5.74, 6) is 0.552. The van der Waals surface area contributed by atoms with Gasteiger partial charge in [0.2, 0.25) is 0 Å². The summed E-state index contributed by atoms with van der Waals surface area (Å²) in [5, 5.41) is 6.65. The third-order valence-electron chi connectivity index (χ3n) is 4.86. The third-order valence-corrected chi connectivity index (χ3v) is 4.86. The van der Waals surface area contributed by atoms with Crippen LogP contribution >= 0.6 is 0 Å². The van der Waals surface area contributed by atoms with Crippen LogP contribution in [0.3, 0.4) is 0 Å². The summed E-state index contributed by atoms with van der Waals surface area (Å²) in [6.07, 6.45) is 2.35. The number of carbonyl (C=O) groups is 1. The third kappa shape index (κ3) is 4.73. The van der Waals surface area contributed by atoms with Gasteiger partial charge in [-0.1, -0.05) is 19.9 Å². The van der Waals surface area contributed by atoms with E-state index in [1.807, 2.05) is 39.0 Å². The van der Waals surface area contributed by atoms with E-state index >= 15 is 0 Å². The van der Waals surface area contributed by atoms with E-state index < -0.39 is 0 Å². The standard InChI is InChI=1S/C20H32N2O2/c1-12(2)15(6)21-19-9-7-8-18(14(19)5)20(23)22-16-10-17(11-16)24-13(3)4/h7-9,12-13,15-17,21H,10-11H2,1-6H3,(H,22,23). The summed E-state index contributed by atoms with van der Waals surface area (Å²) in [7, 11) is 0. The van der Waals surface area contributed by atoms with Gasteiger partial charge in [0.1, 0.15) is 0 Å². The zero-order valence-electron chi connectivity index (χ0n) is 15.8. The number of hydrogen-bond donors (Lipinski definition) is 2. The van der Waals surface area contributed by atoms with Crippen molar-refractivity contribution in [2.24, 2.45) is 5.92 Å². The summed E-state index contributed by atoms with van der Waals surface area (Å²) >= 11 is 0. The highest BCUT2D eigenvalue weighted by atomic mass is 16.5. The molecule has 24 heavy (non-hydrogen) atoms. The van der Waals surface area contributed by atoms with Gasteiger partial charge in [-0.25, -0.2) is 0 Å². The van der Waals surface area contributed by atoms with Crippen LogP contribution in [0.2, 0.25) is 0 Å². The van der Waals surface area contributed by atoms with Crippen LogP contribution in [0.5, 0.6) is 0 Å². The molecule has 1 unspecified atom stereocenters. The van der Waals surface area contributed by atoms with E-state index in [1.165, 1.54) is 0 Å². The maximum atomic E-state index is 12.6. The Labute approximate surface area is 146 Å². The van der Waals surface area contributed by atoms with Gasteiger partial charge >= 0.3 is 0 Å². The van der Waals surface area contributed by atoms with Crippen LogP contribution in [0, 0.1) is 12.8 Å². The molecule has 0 saturated heterocycles. The molecule has 1 atom stereocenters. The molecule has 1 aliphatic rings. The van der Waals surface area contributed by atoms with E-state index in [1.54, 1.807) is 0 Å². The Hall–Kier alpha value is -1.55. The van der Waals surface area contributed by atoms with Crippen molar-refractivity contribution in [3.63, 3.8) is 0 Å². The van der Waals surface area contributed by atoms with Crippen LogP contribution in [0.15, 0.2) is 18.2 Å². The molecule has 1 amide bonds. The van der Waals surface area contributed by atoms with Crippen molar-refractivity contribution in [3.05, 3.63) is 29.3 Å². The van der Waals surface area contributed by atoms with Gasteiger partial charge in [-0.3, -0.25) is 4.79 Å². The molecule has 4 nitrogen and oxygen atoms in total. The molecule has 2 N–H and O–H groups in total. The van der Waals surface area contributed by atoms with E-state index in [0.717, 1.165) is 29.7 Å². The highest BCUT2D eigenvalue weighted by molar-refractivity contribution is 5.97. The molecule has 1 saturated carbocycles. The lowest BCUT2D eigenvalue weighted by molar-refractivity contribution is -0.0482. The molecular weight excluding hydrogens is 300 g/mol. The summed E-state index contributed by atoms with van der Waals surface area (Å²) in [5.41, 5.74) is 2.81. The molecule has 0 bridgehead atoms. The van der Waals surface area contributed by atoms with Crippen molar-refractivity contribution < 1.29 is 9.53 Å². The zero-order valence-corrected chi connectivity index (χ0v) is 15.8. The highest BCUT2D eigenvalue weighted by Crippen LogP contribution is 2.26. The van der Waals surface area contributed by atoms with Gasteiger partial charge in [0.25, 0.3) is 5.91 Å². The van der Waals surface area contributed by atoms with Crippen LogP contribution in [-0.4, -0.2) is 30.2 Å². The van der Waals surface area contributed by atoms with Crippen LogP contribution in [0.25, 0.3) is 0 Å². The number of amides is 1. The molecule has 1 aromatic rings. The first kappa shape index (κ1) is 18.8. The highest BCUT2D eigenvalue weighted by Gasteiger charge is 2.32. The second kappa shape index (κ2) is 8.02. The number of benzene rings is 1. The Balaban J connectivity index is 1.95. The van der Waals surface area contributed by atoms with Gasteiger partial charge in [0.05, 0.1) is 12.2 Å². The Morgan fingerprint density at radius 2 is 1.83 bits per heavy atom. The Morgan fingerprint density at radius 1 is 1.17 bits per heavy atom. The van der Waals surface area contributed by atoms with Crippen molar-refractivity contribution in [2.45, 2.75) is 78.7 Å². The van der Waals surface area contributed by atoms with Crippen molar-refractivity contribution in [2.75, 3.05) is 5.32 Å². The van der Waals surface area contributed by atoms with E-state index in [0.29, 0.717) is 12.0 Å². The number of ether oxygens (including phenoxy) is 1. The fraction of sp³-hybridized carbons (Fsp3) is 0.650. The van der Waals surface area contributed by atoms with Crippen LogP contribution < -0.4 is 10.6 Å². The van der Waals surface area contributed by atoms with Gasteiger partial charge in [0, 0.05) is 23.3 Å². The second-order valence-corrected chi connectivity index (χ2v) is 7.60. The van der Waals surface area contributed by atoms with E-state index in [2.05, 4.69) is 31.4 Å². The fourth-order valence-electron chi connectivity index (χ4n) is 2.89. The Kier molecular flexibility index (Phi) is 6.27. The van der Waals surface area contributed by atoms with E-state index in [-0.39, 0.29) is 24.2 Å². The lowest BCUT2D eigenvalue weighted by Gasteiger charge is -2.36. The van der Waals surface area contributed by atoms with Gasteiger partial charge in [-0.05, 0) is 64.2 Å². The zero-order chi connectivity index (χ0) is 17.9. The topological polar surface area (TPSA) is 50.4 Å². The summed E-state index contributed by atoms with van der Waals surface area (Å²) in [6.45, 7) is 12.7. The quantitative estimate of drug-likeness (QED) is 0.789. The second-order valence-electron chi connectivity index (χ2n) is 7.60. The van der Waals surface area contributed by atoms with Gasteiger partial charge in [0.15, 0.2) is 0 Å². The number of nitrogens with one attached hydrogen (secondary N) is 2. The summed E-state index contributed by atoms with van der Waals surface area (Å²) in [6, 6.07) is 6.48. The van der Waals surface area contributed by atoms with Gasteiger partial charge in [-0.2, -0.15) is 0 Å². The first-order valence-electron chi connectivity index (χ1n) is 9.10. The number of hydrogen-bond acceptors (Lipinski definition) is 3. The minimum Gasteiger partial charge on any atom is -0.382 e. The maximum absolute atomic E-state index is 12.6. The Bertz CT molecular complexity index is 563. The molecule has 0 heterocycles. The molecule has 4 heteroatoms. The van der Waals surface area contributed by atoms with Gasteiger partial charge in [-0.15, -0.1) is 0 Å². The summed E-state index contributed by atoms with van der Waals surface area (Å²) < 4.78 is 5.75.